The van der Waals surface area contributed by atoms with Gasteiger partial charge in [-0.1, -0.05) is 0 Å². The van der Waals surface area contributed by atoms with Gasteiger partial charge < -0.3 is 10.4 Å². The van der Waals surface area contributed by atoms with Crippen molar-refractivity contribution < 1.29 is 9.90 Å². The summed E-state index contributed by atoms with van der Waals surface area (Å²) in [5.74, 6) is 0.331. The molecule has 0 spiro atoms. The molecule has 0 radical (unpaired) electrons. The Bertz CT molecular complexity index is 823. The Morgan fingerprint density at radius 1 is 1.24 bits per heavy atom. The number of aromatic carboxylic acids is 1. The number of nitrogens with zero attached hydrogens (tertiary/aromatic N) is 4. The van der Waals surface area contributed by atoms with Gasteiger partial charge in [-0.3, -0.25) is 0 Å². The number of carboxylic acid groups (broad SMARTS) is 1. The maximum atomic E-state index is 10.9. The minimum atomic E-state index is -0.948. The second kappa shape index (κ2) is 4.86. The molecular formula is C14H13N5O2. The van der Waals surface area contributed by atoms with Crippen LogP contribution in [-0.4, -0.2) is 30.7 Å². The molecule has 2 aromatic heterocycles. The molecule has 3 rings (SSSR count). The van der Waals surface area contributed by atoms with Gasteiger partial charge in [0.25, 0.3) is 5.78 Å². The number of nitrogens with one attached hydrogen (secondary N) is 1. The lowest BCUT2D eigenvalue weighted by Crippen LogP contribution is -2.06. The second-order valence-corrected chi connectivity index (χ2v) is 4.65. The van der Waals surface area contributed by atoms with Crippen molar-refractivity contribution in [1.82, 2.24) is 19.6 Å². The van der Waals surface area contributed by atoms with E-state index in [4.69, 9.17) is 5.11 Å². The lowest BCUT2D eigenvalue weighted by Gasteiger charge is -2.12. The Kier molecular flexibility index (Phi) is 3.02. The number of aromatic nitrogens is 4. The van der Waals surface area contributed by atoms with Crippen molar-refractivity contribution >= 4 is 23.3 Å². The van der Waals surface area contributed by atoms with Crippen molar-refractivity contribution in [2.75, 3.05) is 5.32 Å². The van der Waals surface area contributed by atoms with Crippen molar-refractivity contribution in [3.63, 3.8) is 0 Å². The van der Waals surface area contributed by atoms with Crippen LogP contribution in [0.15, 0.2) is 30.6 Å². The molecule has 0 fully saturated rings. The summed E-state index contributed by atoms with van der Waals surface area (Å²) < 4.78 is 1.62. The van der Waals surface area contributed by atoms with Crippen molar-refractivity contribution in [3.8, 4) is 0 Å². The molecule has 1 aromatic carbocycles. The van der Waals surface area contributed by atoms with E-state index in [9.17, 15) is 4.79 Å². The van der Waals surface area contributed by atoms with Gasteiger partial charge in [-0.05, 0) is 38.1 Å². The lowest BCUT2D eigenvalue weighted by atomic mass is 10.2. The van der Waals surface area contributed by atoms with Crippen molar-refractivity contribution in [2.24, 2.45) is 0 Å². The van der Waals surface area contributed by atoms with Crippen LogP contribution in [0, 0.1) is 13.8 Å². The first kappa shape index (κ1) is 13.0. The fourth-order valence-electron chi connectivity index (χ4n) is 2.01. The van der Waals surface area contributed by atoms with Crippen LogP contribution in [0.2, 0.25) is 0 Å². The van der Waals surface area contributed by atoms with Crippen LogP contribution in [0.4, 0.5) is 11.5 Å². The van der Waals surface area contributed by atoms with Gasteiger partial charge in [0, 0.05) is 16.9 Å². The summed E-state index contributed by atoms with van der Waals surface area (Å²) in [5, 5.41) is 16.3. The molecule has 0 aliphatic heterocycles. The highest BCUT2D eigenvalue weighted by Gasteiger charge is 2.11. The van der Waals surface area contributed by atoms with E-state index in [0.29, 0.717) is 5.78 Å². The van der Waals surface area contributed by atoms with Crippen LogP contribution < -0.4 is 5.32 Å². The van der Waals surface area contributed by atoms with Gasteiger partial charge in [-0.25, -0.2) is 9.78 Å². The maximum absolute atomic E-state index is 10.9. The van der Waals surface area contributed by atoms with E-state index in [0.717, 1.165) is 22.8 Å². The SMILES string of the molecule is Cc1nc2ncnn2c(Nc2ccc(C(=O)O)cc2)c1C. The van der Waals surface area contributed by atoms with E-state index >= 15 is 0 Å². The van der Waals surface area contributed by atoms with E-state index in [1.165, 1.54) is 6.33 Å². The minimum Gasteiger partial charge on any atom is -0.478 e. The van der Waals surface area contributed by atoms with Crippen LogP contribution in [0.25, 0.3) is 5.78 Å². The van der Waals surface area contributed by atoms with Crippen LogP contribution in [0.3, 0.4) is 0 Å². The highest BCUT2D eigenvalue weighted by atomic mass is 16.4. The largest absolute Gasteiger partial charge is 0.478 e. The van der Waals surface area contributed by atoms with Crippen molar-refractivity contribution in [3.05, 3.63) is 47.4 Å². The number of carbonyl (C=O) groups is 1. The Morgan fingerprint density at radius 3 is 2.62 bits per heavy atom. The Morgan fingerprint density at radius 2 is 1.95 bits per heavy atom. The number of rotatable bonds is 3. The zero-order valence-corrected chi connectivity index (χ0v) is 11.5. The topological polar surface area (TPSA) is 92.4 Å². The number of anilines is 2. The van der Waals surface area contributed by atoms with E-state index < -0.39 is 5.97 Å². The summed E-state index contributed by atoms with van der Waals surface area (Å²) >= 11 is 0. The number of benzene rings is 1. The van der Waals surface area contributed by atoms with E-state index in [2.05, 4.69) is 20.4 Å². The predicted octanol–water partition coefficient (Wildman–Crippen LogP) is 2.18. The van der Waals surface area contributed by atoms with E-state index in [-0.39, 0.29) is 5.56 Å². The molecule has 0 saturated heterocycles. The first-order valence-electron chi connectivity index (χ1n) is 6.33. The van der Waals surface area contributed by atoms with Gasteiger partial charge in [0.05, 0.1) is 5.56 Å². The smallest absolute Gasteiger partial charge is 0.335 e. The number of fused-ring (bicyclic) bond motifs is 1. The van der Waals surface area contributed by atoms with Crippen molar-refractivity contribution in [1.29, 1.82) is 0 Å². The zero-order valence-electron chi connectivity index (χ0n) is 11.5. The average Bonchev–Trinajstić information content (AvgIpc) is 2.92. The van der Waals surface area contributed by atoms with E-state index in [1.54, 1.807) is 28.8 Å². The lowest BCUT2D eigenvalue weighted by molar-refractivity contribution is 0.0697. The third-order valence-electron chi connectivity index (χ3n) is 3.30. The fraction of sp³-hybridized carbons (Fsp3) is 0.143. The van der Waals surface area contributed by atoms with Gasteiger partial charge in [0.1, 0.15) is 12.1 Å². The highest BCUT2D eigenvalue weighted by molar-refractivity contribution is 5.88. The third-order valence-corrected chi connectivity index (χ3v) is 3.30. The normalized spacial score (nSPS) is 10.8. The van der Waals surface area contributed by atoms with Gasteiger partial charge >= 0.3 is 5.97 Å². The number of aryl methyl sites for hydroxylation is 1. The predicted molar refractivity (Wildman–Crippen MR) is 76.9 cm³/mol. The molecule has 7 heteroatoms. The summed E-state index contributed by atoms with van der Waals surface area (Å²) in [6.07, 6.45) is 1.44. The minimum absolute atomic E-state index is 0.245. The molecule has 106 valence electrons. The summed E-state index contributed by atoms with van der Waals surface area (Å²) in [6, 6.07) is 6.52. The first-order valence-corrected chi connectivity index (χ1v) is 6.33. The van der Waals surface area contributed by atoms with Crippen LogP contribution >= 0.6 is 0 Å². The van der Waals surface area contributed by atoms with Crippen LogP contribution in [0.5, 0.6) is 0 Å². The highest BCUT2D eigenvalue weighted by Crippen LogP contribution is 2.22. The monoisotopic (exact) mass is 283 g/mol. The van der Waals surface area contributed by atoms with Gasteiger partial charge in [0.2, 0.25) is 0 Å². The molecule has 0 unspecified atom stereocenters. The molecular weight excluding hydrogens is 270 g/mol. The maximum Gasteiger partial charge on any atom is 0.335 e. The van der Waals surface area contributed by atoms with Gasteiger partial charge in [0.15, 0.2) is 0 Å². The van der Waals surface area contributed by atoms with E-state index in [1.807, 2.05) is 13.8 Å². The van der Waals surface area contributed by atoms with Crippen molar-refractivity contribution in [2.45, 2.75) is 13.8 Å². The molecule has 3 aromatic rings. The quantitative estimate of drug-likeness (QED) is 0.765. The molecule has 0 atom stereocenters. The standard InChI is InChI=1S/C14H13N5O2/c1-8-9(2)17-14-15-7-16-19(14)12(8)18-11-5-3-10(4-6-11)13(20)21/h3-7,18H,1-2H3,(H,20,21). The summed E-state index contributed by atoms with van der Waals surface area (Å²) in [6.45, 7) is 3.85. The summed E-state index contributed by atoms with van der Waals surface area (Å²) in [4.78, 5) is 19.3. The number of hydrogen-bond acceptors (Lipinski definition) is 5. The summed E-state index contributed by atoms with van der Waals surface area (Å²) in [7, 11) is 0. The molecule has 7 nitrogen and oxygen atoms in total. The average molecular weight is 283 g/mol. The molecule has 0 bridgehead atoms. The van der Waals surface area contributed by atoms with Gasteiger partial charge in [-0.2, -0.15) is 14.6 Å². The van der Waals surface area contributed by atoms with Crippen LogP contribution in [0.1, 0.15) is 21.6 Å². The third kappa shape index (κ3) is 2.29. The molecule has 0 aliphatic carbocycles. The van der Waals surface area contributed by atoms with Crippen LogP contribution in [-0.2, 0) is 0 Å². The molecule has 21 heavy (non-hydrogen) atoms. The Balaban J connectivity index is 2.03. The summed E-state index contributed by atoms with van der Waals surface area (Å²) in [5.41, 5.74) is 2.83. The zero-order chi connectivity index (χ0) is 15.0. The number of carboxylic acids is 1. The molecule has 2 heterocycles. The second-order valence-electron chi connectivity index (χ2n) is 4.65. The Hall–Kier alpha value is -2.96. The molecule has 0 saturated carbocycles. The molecule has 0 amide bonds. The fourth-order valence-corrected chi connectivity index (χ4v) is 2.01. The molecule has 0 aliphatic rings. The first-order chi connectivity index (χ1) is 10.1. The number of hydrogen-bond donors (Lipinski definition) is 2. The Labute approximate surface area is 120 Å². The van der Waals surface area contributed by atoms with Gasteiger partial charge in [-0.15, -0.1) is 0 Å². The molecule has 2 N–H and O–H groups in total.